The van der Waals surface area contributed by atoms with Crippen molar-refractivity contribution in [2.24, 2.45) is 0 Å². The molecular formula is C11H12F2N2O4. The van der Waals surface area contributed by atoms with Gasteiger partial charge in [-0.25, -0.2) is 8.78 Å². The van der Waals surface area contributed by atoms with Crippen LogP contribution in [0.25, 0.3) is 0 Å². The second-order valence-corrected chi connectivity index (χ2v) is 4.08. The molecule has 1 amide bonds. The van der Waals surface area contributed by atoms with Gasteiger partial charge in [0, 0.05) is 13.6 Å². The minimum atomic E-state index is -1.40. The van der Waals surface area contributed by atoms with E-state index in [0.29, 0.717) is 12.1 Å². The second kappa shape index (κ2) is 5.70. The van der Waals surface area contributed by atoms with E-state index in [1.54, 1.807) is 0 Å². The van der Waals surface area contributed by atoms with Crippen molar-refractivity contribution in [3.63, 3.8) is 0 Å². The molecule has 104 valence electrons. The van der Waals surface area contributed by atoms with Crippen LogP contribution in [0.4, 0.5) is 14.5 Å². The Morgan fingerprint density at radius 1 is 1.47 bits per heavy atom. The van der Waals surface area contributed by atoms with Crippen molar-refractivity contribution in [1.82, 2.24) is 4.90 Å². The maximum atomic E-state index is 13.1. The van der Waals surface area contributed by atoms with Crippen LogP contribution in [0.15, 0.2) is 12.1 Å². The molecule has 1 aromatic rings. The predicted octanol–water partition coefficient (Wildman–Crippen LogP) is 1.33. The molecule has 0 fully saturated rings. The SMILES string of the molecule is CC(O)CN(C)C(=O)c1cc(F)c(F)cc1[N+](=O)[O-]. The molecule has 0 aliphatic carbocycles. The Morgan fingerprint density at radius 3 is 2.47 bits per heavy atom. The summed E-state index contributed by atoms with van der Waals surface area (Å²) in [5.41, 5.74) is -1.38. The Balaban J connectivity index is 3.21. The van der Waals surface area contributed by atoms with Crippen molar-refractivity contribution >= 4 is 11.6 Å². The van der Waals surface area contributed by atoms with E-state index < -0.39 is 39.8 Å². The van der Waals surface area contributed by atoms with Crippen molar-refractivity contribution < 1.29 is 23.6 Å². The quantitative estimate of drug-likeness (QED) is 0.663. The van der Waals surface area contributed by atoms with Crippen LogP contribution < -0.4 is 0 Å². The first-order chi connectivity index (χ1) is 8.73. The normalized spacial score (nSPS) is 12.1. The molecule has 6 nitrogen and oxygen atoms in total. The summed E-state index contributed by atoms with van der Waals surface area (Å²) in [6.07, 6.45) is -0.849. The molecule has 0 aliphatic heterocycles. The highest BCUT2D eigenvalue weighted by Crippen LogP contribution is 2.23. The van der Waals surface area contributed by atoms with E-state index in [2.05, 4.69) is 0 Å². The number of nitro groups is 1. The van der Waals surface area contributed by atoms with Crippen LogP contribution in [-0.2, 0) is 0 Å². The standard InChI is InChI=1S/C11H12F2N2O4/c1-6(16)5-14(2)11(17)7-3-8(12)9(13)4-10(7)15(18)19/h3-4,6,16H,5H2,1-2H3. The monoisotopic (exact) mass is 274 g/mol. The van der Waals surface area contributed by atoms with Gasteiger partial charge in [-0.05, 0) is 13.0 Å². The van der Waals surface area contributed by atoms with E-state index in [0.717, 1.165) is 4.90 Å². The summed E-state index contributed by atoms with van der Waals surface area (Å²) in [5, 5.41) is 19.9. The number of aliphatic hydroxyl groups excluding tert-OH is 1. The van der Waals surface area contributed by atoms with Gasteiger partial charge in [-0.1, -0.05) is 0 Å². The summed E-state index contributed by atoms with van der Waals surface area (Å²) in [6.45, 7) is 1.33. The van der Waals surface area contributed by atoms with Crippen LogP contribution in [0, 0.1) is 21.7 Å². The van der Waals surface area contributed by atoms with Crippen LogP contribution in [0.1, 0.15) is 17.3 Å². The number of likely N-dealkylation sites (N-methyl/N-ethyl adjacent to an activating group) is 1. The number of rotatable bonds is 4. The minimum Gasteiger partial charge on any atom is -0.392 e. The number of nitro benzene ring substituents is 1. The Kier molecular flexibility index (Phi) is 4.49. The van der Waals surface area contributed by atoms with Gasteiger partial charge in [0.2, 0.25) is 0 Å². The third-order valence-electron chi connectivity index (χ3n) is 2.35. The topological polar surface area (TPSA) is 83.7 Å². The molecule has 1 atom stereocenters. The van der Waals surface area contributed by atoms with Gasteiger partial charge in [0.1, 0.15) is 5.56 Å². The van der Waals surface area contributed by atoms with Gasteiger partial charge in [0.05, 0.1) is 17.1 Å². The van der Waals surface area contributed by atoms with Crippen LogP contribution in [0.2, 0.25) is 0 Å². The van der Waals surface area contributed by atoms with E-state index in [1.807, 2.05) is 0 Å². The van der Waals surface area contributed by atoms with Gasteiger partial charge in [-0.3, -0.25) is 14.9 Å². The van der Waals surface area contributed by atoms with Crippen LogP contribution in [-0.4, -0.2) is 40.5 Å². The van der Waals surface area contributed by atoms with Gasteiger partial charge in [-0.2, -0.15) is 0 Å². The van der Waals surface area contributed by atoms with E-state index in [1.165, 1.54) is 14.0 Å². The third kappa shape index (κ3) is 3.44. The van der Waals surface area contributed by atoms with Crippen LogP contribution in [0.5, 0.6) is 0 Å². The van der Waals surface area contributed by atoms with Gasteiger partial charge < -0.3 is 10.0 Å². The number of nitrogens with zero attached hydrogens (tertiary/aromatic N) is 2. The highest BCUT2D eigenvalue weighted by molar-refractivity contribution is 5.98. The van der Waals surface area contributed by atoms with E-state index in [-0.39, 0.29) is 6.54 Å². The molecule has 1 N–H and O–H groups in total. The summed E-state index contributed by atoms with van der Waals surface area (Å²) in [7, 11) is 1.29. The molecule has 0 heterocycles. The number of carbonyl (C=O) groups is 1. The van der Waals surface area contributed by atoms with Crippen molar-refractivity contribution in [1.29, 1.82) is 0 Å². The van der Waals surface area contributed by atoms with E-state index in [9.17, 15) is 23.7 Å². The molecule has 19 heavy (non-hydrogen) atoms. The molecule has 0 bridgehead atoms. The van der Waals surface area contributed by atoms with Crippen molar-refractivity contribution in [2.45, 2.75) is 13.0 Å². The largest absolute Gasteiger partial charge is 0.392 e. The lowest BCUT2D eigenvalue weighted by atomic mass is 10.1. The summed E-state index contributed by atoms with van der Waals surface area (Å²) >= 11 is 0. The summed E-state index contributed by atoms with van der Waals surface area (Å²) < 4.78 is 26.0. The zero-order valence-electron chi connectivity index (χ0n) is 10.3. The Bertz CT molecular complexity index is 520. The molecular weight excluding hydrogens is 262 g/mol. The third-order valence-corrected chi connectivity index (χ3v) is 2.35. The van der Waals surface area contributed by atoms with Gasteiger partial charge in [-0.15, -0.1) is 0 Å². The molecule has 1 aromatic carbocycles. The second-order valence-electron chi connectivity index (χ2n) is 4.08. The van der Waals surface area contributed by atoms with E-state index in [4.69, 9.17) is 5.11 Å². The minimum absolute atomic E-state index is 0.0883. The average Bonchev–Trinajstić information content (AvgIpc) is 2.29. The molecule has 8 heteroatoms. The highest BCUT2D eigenvalue weighted by atomic mass is 19.2. The highest BCUT2D eigenvalue weighted by Gasteiger charge is 2.26. The molecule has 0 saturated heterocycles. The number of aliphatic hydroxyl groups is 1. The fraction of sp³-hybridized carbons (Fsp3) is 0.364. The van der Waals surface area contributed by atoms with Crippen molar-refractivity contribution in [2.75, 3.05) is 13.6 Å². The molecule has 0 spiro atoms. The zero-order chi connectivity index (χ0) is 14.7. The molecule has 1 unspecified atom stereocenters. The first kappa shape index (κ1) is 15.0. The van der Waals surface area contributed by atoms with Crippen LogP contribution >= 0.6 is 0 Å². The van der Waals surface area contributed by atoms with Crippen molar-refractivity contribution in [3.8, 4) is 0 Å². The lowest BCUT2D eigenvalue weighted by Crippen LogP contribution is -2.33. The van der Waals surface area contributed by atoms with Gasteiger partial charge in [0.15, 0.2) is 11.6 Å². The predicted molar refractivity (Wildman–Crippen MR) is 61.7 cm³/mol. The maximum absolute atomic E-state index is 13.1. The summed E-state index contributed by atoms with van der Waals surface area (Å²) in [4.78, 5) is 22.6. The molecule has 0 aromatic heterocycles. The molecule has 0 saturated carbocycles. The zero-order valence-corrected chi connectivity index (χ0v) is 10.3. The van der Waals surface area contributed by atoms with Crippen molar-refractivity contribution in [3.05, 3.63) is 39.4 Å². The fourth-order valence-corrected chi connectivity index (χ4v) is 1.54. The number of hydrogen-bond donors (Lipinski definition) is 1. The summed E-state index contributed by atoms with van der Waals surface area (Å²) in [5.74, 6) is -3.62. The Hall–Kier alpha value is -2.09. The first-order valence-corrected chi connectivity index (χ1v) is 5.31. The average molecular weight is 274 g/mol. The van der Waals surface area contributed by atoms with E-state index >= 15 is 0 Å². The lowest BCUT2D eigenvalue weighted by Gasteiger charge is -2.18. The number of halogens is 2. The lowest BCUT2D eigenvalue weighted by molar-refractivity contribution is -0.385. The number of carbonyl (C=O) groups excluding carboxylic acids is 1. The first-order valence-electron chi connectivity index (χ1n) is 5.31. The Labute approximate surface area is 107 Å². The molecule has 0 aliphatic rings. The number of amides is 1. The number of hydrogen-bond acceptors (Lipinski definition) is 4. The van der Waals surface area contributed by atoms with Gasteiger partial charge >= 0.3 is 0 Å². The molecule has 1 rings (SSSR count). The smallest absolute Gasteiger partial charge is 0.285 e. The van der Waals surface area contributed by atoms with Crippen LogP contribution in [0.3, 0.4) is 0 Å². The maximum Gasteiger partial charge on any atom is 0.285 e. The fourth-order valence-electron chi connectivity index (χ4n) is 1.54. The van der Waals surface area contributed by atoms with Gasteiger partial charge in [0.25, 0.3) is 11.6 Å². The summed E-state index contributed by atoms with van der Waals surface area (Å²) in [6, 6.07) is 0.840. The molecule has 0 radical (unpaired) electrons. The number of benzene rings is 1. The Morgan fingerprint density at radius 2 is 2.00 bits per heavy atom.